The summed E-state index contributed by atoms with van der Waals surface area (Å²) in [5.41, 5.74) is 1.14. The number of rotatable bonds is 6. The Morgan fingerprint density at radius 2 is 1.80 bits per heavy atom. The third-order valence-electron chi connectivity index (χ3n) is 2.93. The molecule has 0 amide bonds. The molecule has 0 unspecified atom stereocenters. The van der Waals surface area contributed by atoms with Gasteiger partial charge < -0.3 is 20.4 Å². The van der Waals surface area contributed by atoms with Gasteiger partial charge in [0.2, 0.25) is 0 Å². The van der Waals surface area contributed by atoms with Crippen molar-refractivity contribution >= 4 is 0 Å². The standard InChI is InChI=1S/C13H17N3O4/c17-8-11(18)13(20)12(19)10-6-14-16(15-10)7-9-4-2-1-3-5-9/h1-6,11-13,17-20H,7-8H2/t11-,12+,13+/m1/s1. The number of nitrogens with zero attached hydrogens (tertiary/aromatic N) is 3. The molecule has 0 aliphatic rings. The zero-order valence-corrected chi connectivity index (χ0v) is 10.7. The number of hydrogen-bond acceptors (Lipinski definition) is 6. The first kappa shape index (κ1) is 14.6. The summed E-state index contributed by atoms with van der Waals surface area (Å²) in [6.07, 6.45) is -3.02. The van der Waals surface area contributed by atoms with Gasteiger partial charge in [-0.2, -0.15) is 15.0 Å². The second kappa shape index (κ2) is 6.58. The van der Waals surface area contributed by atoms with Crippen molar-refractivity contribution in [3.63, 3.8) is 0 Å². The van der Waals surface area contributed by atoms with Crippen molar-refractivity contribution in [2.75, 3.05) is 6.61 Å². The number of hydrogen-bond donors (Lipinski definition) is 4. The molecule has 1 aromatic heterocycles. The first-order valence-electron chi connectivity index (χ1n) is 6.21. The molecule has 1 heterocycles. The third-order valence-corrected chi connectivity index (χ3v) is 2.93. The molecular formula is C13H17N3O4. The maximum atomic E-state index is 9.83. The molecule has 2 rings (SSSR count). The lowest BCUT2D eigenvalue weighted by atomic mass is 10.1. The molecule has 20 heavy (non-hydrogen) atoms. The number of benzene rings is 1. The molecule has 1 aromatic carbocycles. The Labute approximate surface area is 115 Å². The minimum absolute atomic E-state index is 0.140. The van der Waals surface area contributed by atoms with Crippen LogP contribution in [0.1, 0.15) is 17.4 Å². The van der Waals surface area contributed by atoms with E-state index in [1.165, 1.54) is 11.0 Å². The molecule has 4 N–H and O–H groups in total. The van der Waals surface area contributed by atoms with Crippen LogP contribution in [0, 0.1) is 0 Å². The first-order chi connectivity index (χ1) is 9.61. The van der Waals surface area contributed by atoms with E-state index in [0.717, 1.165) is 5.56 Å². The fourth-order valence-electron chi connectivity index (χ4n) is 1.76. The van der Waals surface area contributed by atoms with Gasteiger partial charge in [0.15, 0.2) is 0 Å². The molecule has 0 bridgehead atoms. The quantitative estimate of drug-likeness (QED) is 0.544. The predicted octanol–water partition coefficient (Wildman–Crippen LogP) is -0.926. The van der Waals surface area contributed by atoms with Crippen LogP contribution in [0.25, 0.3) is 0 Å². The van der Waals surface area contributed by atoms with Crippen LogP contribution in [0.15, 0.2) is 36.5 Å². The summed E-state index contributed by atoms with van der Waals surface area (Å²) in [4.78, 5) is 1.38. The van der Waals surface area contributed by atoms with Crippen LogP contribution >= 0.6 is 0 Å². The van der Waals surface area contributed by atoms with E-state index >= 15 is 0 Å². The first-order valence-corrected chi connectivity index (χ1v) is 6.21. The normalized spacial score (nSPS) is 15.8. The summed E-state index contributed by atoms with van der Waals surface area (Å²) in [7, 11) is 0. The predicted molar refractivity (Wildman–Crippen MR) is 69.6 cm³/mol. The van der Waals surface area contributed by atoms with E-state index in [9.17, 15) is 15.3 Å². The average Bonchev–Trinajstić information content (AvgIpc) is 2.94. The highest BCUT2D eigenvalue weighted by atomic mass is 16.4. The smallest absolute Gasteiger partial charge is 0.128 e. The fraction of sp³-hybridized carbons (Fsp3) is 0.385. The Kier molecular flexibility index (Phi) is 4.80. The summed E-state index contributed by atoms with van der Waals surface area (Å²) < 4.78 is 0. The molecule has 0 aliphatic carbocycles. The zero-order chi connectivity index (χ0) is 14.5. The van der Waals surface area contributed by atoms with Gasteiger partial charge in [0, 0.05) is 0 Å². The summed E-state index contributed by atoms with van der Waals surface area (Å²) in [5, 5.41) is 45.5. The van der Waals surface area contributed by atoms with Crippen molar-refractivity contribution in [3.8, 4) is 0 Å². The molecule has 0 saturated heterocycles. The van der Waals surface area contributed by atoms with Gasteiger partial charge >= 0.3 is 0 Å². The van der Waals surface area contributed by atoms with E-state index < -0.39 is 24.9 Å². The van der Waals surface area contributed by atoms with Gasteiger partial charge in [-0.3, -0.25) is 0 Å². The summed E-state index contributed by atoms with van der Waals surface area (Å²) in [6.45, 7) is -0.206. The second-order valence-corrected chi connectivity index (χ2v) is 4.47. The lowest BCUT2D eigenvalue weighted by molar-refractivity contribution is -0.0790. The van der Waals surface area contributed by atoms with Gasteiger partial charge in [0.05, 0.1) is 19.3 Å². The Balaban J connectivity index is 2.05. The number of aliphatic hydroxyl groups excluding tert-OH is 4. The zero-order valence-electron chi connectivity index (χ0n) is 10.7. The highest BCUT2D eigenvalue weighted by Crippen LogP contribution is 2.16. The molecule has 3 atom stereocenters. The minimum atomic E-state index is -1.51. The molecule has 108 valence electrons. The monoisotopic (exact) mass is 279 g/mol. The SMILES string of the molecule is OC[C@@H](O)[C@H](O)[C@@H](O)c1cnn(Cc2ccccc2)n1. The van der Waals surface area contributed by atoms with Gasteiger partial charge in [0.1, 0.15) is 24.0 Å². The molecule has 0 spiro atoms. The Hall–Kier alpha value is -1.80. The Morgan fingerprint density at radius 3 is 2.45 bits per heavy atom. The number of aliphatic hydroxyl groups is 4. The lowest BCUT2D eigenvalue weighted by Gasteiger charge is -2.19. The molecule has 0 aliphatic heterocycles. The topological polar surface area (TPSA) is 112 Å². The van der Waals surface area contributed by atoms with E-state index in [0.29, 0.717) is 6.54 Å². The van der Waals surface area contributed by atoms with Crippen LogP contribution < -0.4 is 0 Å². The van der Waals surface area contributed by atoms with Crippen molar-refractivity contribution in [1.29, 1.82) is 0 Å². The Morgan fingerprint density at radius 1 is 1.10 bits per heavy atom. The Bertz CT molecular complexity index is 531. The van der Waals surface area contributed by atoms with E-state index in [2.05, 4.69) is 10.2 Å². The molecule has 2 aromatic rings. The van der Waals surface area contributed by atoms with Crippen molar-refractivity contribution in [1.82, 2.24) is 15.0 Å². The third kappa shape index (κ3) is 3.40. The molecule has 7 heteroatoms. The maximum Gasteiger partial charge on any atom is 0.128 e. The van der Waals surface area contributed by atoms with Gasteiger partial charge in [-0.15, -0.1) is 0 Å². The summed E-state index contributed by atoms with van der Waals surface area (Å²) in [6, 6.07) is 9.54. The maximum absolute atomic E-state index is 9.83. The average molecular weight is 279 g/mol. The van der Waals surface area contributed by atoms with Crippen molar-refractivity contribution in [2.45, 2.75) is 24.9 Å². The molecular weight excluding hydrogens is 262 g/mol. The van der Waals surface area contributed by atoms with E-state index in [4.69, 9.17) is 5.11 Å². The van der Waals surface area contributed by atoms with Gasteiger partial charge in [0.25, 0.3) is 0 Å². The van der Waals surface area contributed by atoms with E-state index in [1.807, 2.05) is 30.3 Å². The molecule has 7 nitrogen and oxygen atoms in total. The highest BCUT2D eigenvalue weighted by Gasteiger charge is 2.27. The molecule has 0 saturated carbocycles. The minimum Gasteiger partial charge on any atom is -0.394 e. The van der Waals surface area contributed by atoms with Crippen LogP contribution in [-0.2, 0) is 6.54 Å². The van der Waals surface area contributed by atoms with Crippen molar-refractivity contribution < 1.29 is 20.4 Å². The van der Waals surface area contributed by atoms with Crippen LogP contribution in [-0.4, -0.2) is 54.2 Å². The largest absolute Gasteiger partial charge is 0.394 e. The van der Waals surface area contributed by atoms with E-state index in [1.54, 1.807) is 0 Å². The second-order valence-electron chi connectivity index (χ2n) is 4.47. The lowest BCUT2D eigenvalue weighted by Crippen LogP contribution is -2.35. The van der Waals surface area contributed by atoms with Gasteiger partial charge in [-0.1, -0.05) is 30.3 Å². The van der Waals surface area contributed by atoms with Crippen LogP contribution in [0.5, 0.6) is 0 Å². The van der Waals surface area contributed by atoms with Crippen LogP contribution in [0.2, 0.25) is 0 Å². The van der Waals surface area contributed by atoms with Crippen LogP contribution in [0.3, 0.4) is 0 Å². The summed E-state index contributed by atoms with van der Waals surface area (Å²) in [5.74, 6) is 0. The number of aromatic nitrogens is 3. The van der Waals surface area contributed by atoms with Gasteiger partial charge in [-0.05, 0) is 5.56 Å². The van der Waals surface area contributed by atoms with Gasteiger partial charge in [-0.25, -0.2) is 0 Å². The molecule has 0 radical (unpaired) electrons. The molecule has 0 fully saturated rings. The fourth-order valence-corrected chi connectivity index (χ4v) is 1.76. The van der Waals surface area contributed by atoms with E-state index in [-0.39, 0.29) is 5.69 Å². The summed E-state index contributed by atoms with van der Waals surface area (Å²) >= 11 is 0. The highest BCUT2D eigenvalue weighted by molar-refractivity contribution is 5.14. The van der Waals surface area contributed by atoms with Crippen molar-refractivity contribution in [3.05, 3.63) is 47.8 Å². The van der Waals surface area contributed by atoms with Crippen molar-refractivity contribution in [2.24, 2.45) is 0 Å². The van der Waals surface area contributed by atoms with Crippen LogP contribution in [0.4, 0.5) is 0 Å².